The second-order valence-electron chi connectivity index (χ2n) is 2.74. The van der Waals surface area contributed by atoms with E-state index in [0.29, 0.717) is 5.56 Å². The molecule has 0 amide bonds. The van der Waals surface area contributed by atoms with Crippen molar-refractivity contribution in [1.82, 2.24) is 0 Å². The zero-order valence-corrected chi connectivity index (χ0v) is 7.27. The molecule has 0 aliphatic rings. The number of hydrogen-bond acceptors (Lipinski definition) is 2. The largest absolute Gasteiger partial charge is 0.508 e. The highest BCUT2D eigenvalue weighted by Gasteiger charge is 1.96. The van der Waals surface area contributed by atoms with Crippen molar-refractivity contribution in [3.05, 3.63) is 35.7 Å². The minimum Gasteiger partial charge on any atom is -0.508 e. The van der Waals surface area contributed by atoms with Crippen LogP contribution in [0.4, 0.5) is 4.39 Å². The van der Waals surface area contributed by atoms with Gasteiger partial charge in [0.25, 0.3) is 0 Å². The maximum absolute atomic E-state index is 12.7. The second-order valence-corrected chi connectivity index (χ2v) is 2.74. The first-order chi connectivity index (χ1) is 6.58. The molecule has 0 aliphatic heterocycles. The third-order valence-corrected chi connectivity index (χ3v) is 1.51. The lowest BCUT2D eigenvalue weighted by molar-refractivity contribution is -0.135. The summed E-state index contributed by atoms with van der Waals surface area (Å²) in [6.45, 7) is 0. The topological polar surface area (TPSA) is 57.5 Å². The number of phenols is 1. The first kappa shape index (κ1) is 10.2. The van der Waals surface area contributed by atoms with Gasteiger partial charge >= 0.3 is 5.97 Å². The van der Waals surface area contributed by atoms with Gasteiger partial charge in [0.2, 0.25) is 0 Å². The van der Waals surface area contributed by atoms with E-state index in [-0.39, 0.29) is 12.2 Å². The molecule has 3 nitrogen and oxygen atoms in total. The van der Waals surface area contributed by atoms with Crippen LogP contribution in [-0.2, 0) is 4.79 Å². The molecule has 4 heteroatoms. The van der Waals surface area contributed by atoms with Gasteiger partial charge in [-0.05, 0) is 17.7 Å². The number of phenolic OH excluding ortho intramolecular Hbond substituents is 1. The number of benzene rings is 1. The summed E-state index contributed by atoms with van der Waals surface area (Å²) in [6.07, 6.45) is 2.70. The van der Waals surface area contributed by atoms with E-state index in [0.717, 1.165) is 6.07 Å². The molecule has 0 heterocycles. The van der Waals surface area contributed by atoms with Crippen LogP contribution in [0, 0.1) is 5.82 Å². The van der Waals surface area contributed by atoms with E-state index in [1.54, 1.807) is 0 Å². The van der Waals surface area contributed by atoms with Crippen LogP contribution >= 0.6 is 0 Å². The van der Waals surface area contributed by atoms with Gasteiger partial charge in [0.1, 0.15) is 11.6 Å². The maximum atomic E-state index is 12.7. The quantitative estimate of drug-likeness (QED) is 0.777. The predicted octanol–water partition coefficient (Wildman–Crippen LogP) is 2.02. The summed E-state index contributed by atoms with van der Waals surface area (Å²) in [5, 5.41) is 17.3. The van der Waals surface area contributed by atoms with Crippen LogP contribution in [0.25, 0.3) is 6.08 Å². The third kappa shape index (κ3) is 3.26. The number of carboxylic acid groups (broad SMARTS) is 1. The van der Waals surface area contributed by atoms with Gasteiger partial charge in [-0.2, -0.15) is 0 Å². The van der Waals surface area contributed by atoms with Gasteiger partial charge in [0.05, 0.1) is 6.42 Å². The molecular formula is C10H9FO3. The second kappa shape index (κ2) is 4.41. The van der Waals surface area contributed by atoms with Crippen molar-refractivity contribution in [2.24, 2.45) is 0 Å². The van der Waals surface area contributed by atoms with E-state index in [4.69, 9.17) is 10.2 Å². The van der Waals surface area contributed by atoms with Crippen LogP contribution in [0.5, 0.6) is 5.75 Å². The summed E-state index contributed by atoms with van der Waals surface area (Å²) in [4.78, 5) is 10.1. The van der Waals surface area contributed by atoms with Gasteiger partial charge in [0, 0.05) is 6.07 Å². The molecule has 0 atom stereocenters. The molecule has 0 aliphatic carbocycles. The molecule has 2 N–H and O–H groups in total. The zero-order valence-electron chi connectivity index (χ0n) is 7.27. The molecular weight excluding hydrogens is 187 g/mol. The van der Waals surface area contributed by atoms with Crippen LogP contribution in [0.1, 0.15) is 12.0 Å². The highest BCUT2D eigenvalue weighted by Crippen LogP contribution is 2.15. The van der Waals surface area contributed by atoms with Crippen LogP contribution in [0.3, 0.4) is 0 Å². The summed E-state index contributed by atoms with van der Waals surface area (Å²) in [5.41, 5.74) is 0.434. The lowest BCUT2D eigenvalue weighted by Gasteiger charge is -1.96. The normalized spacial score (nSPS) is 10.6. The molecule has 0 bridgehead atoms. The number of rotatable bonds is 3. The van der Waals surface area contributed by atoms with E-state index in [9.17, 15) is 9.18 Å². The molecule has 74 valence electrons. The van der Waals surface area contributed by atoms with Crippen molar-refractivity contribution in [3.8, 4) is 5.75 Å². The molecule has 0 fully saturated rings. The van der Waals surface area contributed by atoms with Crippen molar-refractivity contribution in [2.75, 3.05) is 0 Å². The summed E-state index contributed by atoms with van der Waals surface area (Å²) in [5.74, 6) is -1.69. The first-order valence-corrected chi connectivity index (χ1v) is 3.96. The Labute approximate surface area is 80.1 Å². The Bertz CT molecular complexity index is 351. The molecule has 1 aromatic carbocycles. The Balaban J connectivity index is 2.76. The number of carbonyl (C=O) groups is 1. The number of carboxylic acids is 1. The van der Waals surface area contributed by atoms with Gasteiger partial charge in [-0.25, -0.2) is 4.39 Å². The monoisotopic (exact) mass is 196 g/mol. The standard InChI is InChI=1S/C10H9FO3/c11-8-4-7(5-9(12)6-8)2-1-3-10(13)14/h1-2,4-6,12H,3H2,(H,13,14). The van der Waals surface area contributed by atoms with Crippen LogP contribution in [0.2, 0.25) is 0 Å². The number of aromatic hydroxyl groups is 1. The highest BCUT2D eigenvalue weighted by atomic mass is 19.1. The van der Waals surface area contributed by atoms with E-state index in [1.807, 2.05) is 0 Å². The van der Waals surface area contributed by atoms with Crippen LogP contribution in [-0.4, -0.2) is 16.2 Å². The molecule has 0 aromatic heterocycles. The molecule has 0 unspecified atom stereocenters. The molecule has 14 heavy (non-hydrogen) atoms. The number of halogens is 1. The SMILES string of the molecule is O=C(O)CC=Cc1cc(O)cc(F)c1. The van der Waals surface area contributed by atoms with Crippen molar-refractivity contribution < 1.29 is 19.4 Å². The highest BCUT2D eigenvalue weighted by molar-refractivity contribution is 5.70. The van der Waals surface area contributed by atoms with E-state index in [1.165, 1.54) is 24.3 Å². The van der Waals surface area contributed by atoms with E-state index >= 15 is 0 Å². The van der Waals surface area contributed by atoms with Gasteiger partial charge in [0.15, 0.2) is 0 Å². The first-order valence-electron chi connectivity index (χ1n) is 3.96. The van der Waals surface area contributed by atoms with E-state index < -0.39 is 11.8 Å². The van der Waals surface area contributed by atoms with Crippen molar-refractivity contribution in [2.45, 2.75) is 6.42 Å². The molecule has 0 saturated heterocycles. The average molecular weight is 196 g/mol. The Hall–Kier alpha value is -1.84. The summed E-state index contributed by atoms with van der Waals surface area (Å²) in [6, 6.07) is 3.54. The zero-order chi connectivity index (χ0) is 10.6. The van der Waals surface area contributed by atoms with Crippen molar-refractivity contribution in [1.29, 1.82) is 0 Å². The lowest BCUT2D eigenvalue weighted by atomic mass is 10.2. The minimum atomic E-state index is -0.957. The predicted molar refractivity (Wildman–Crippen MR) is 49.4 cm³/mol. The third-order valence-electron chi connectivity index (χ3n) is 1.51. The minimum absolute atomic E-state index is 0.128. The molecule has 1 aromatic rings. The lowest BCUT2D eigenvalue weighted by Crippen LogP contribution is -1.89. The summed E-state index contributed by atoms with van der Waals surface area (Å²) < 4.78 is 12.7. The van der Waals surface area contributed by atoms with Gasteiger partial charge in [-0.3, -0.25) is 4.79 Å². The Morgan fingerprint density at radius 3 is 2.71 bits per heavy atom. The fraction of sp³-hybridized carbons (Fsp3) is 0.100. The van der Waals surface area contributed by atoms with Gasteiger partial charge < -0.3 is 10.2 Å². The fourth-order valence-electron chi connectivity index (χ4n) is 0.988. The van der Waals surface area contributed by atoms with Gasteiger partial charge in [-0.15, -0.1) is 0 Å². The number of aliphatic carboxylic acids is 1. The summed E-state index contributed by atoms with van der Waals surface area (Å²) >= 11 is 0. The maximum Gasteiger partial charge on any atom is 0.307 e. The summed E-state index contributed by atoms with van der Waals surface area (Å²) in [7, 11) is 0. The fourth-order valence-corrected chi connectivity index (χ4v) is 0.988. The molecule has 0 spiro atoms. The van der Waals surface area contributed by atoms with Crippen molar-refractivity contribution >= 4 is 12.0 Å². The average Bonchev–Trinajstić information content (AvgIpc) is 2.01. The Morgan fingerprint density at radius 1 is 1.43 bits per heavy atom. The van der Waals surface area contributed by atoms with Gasteiger partial charge in [-0.1, -0.05) is 12.2 Å². The Kier molecular flexibility index (Phi) is 3.23. The van der Waals surface area contributed by atoms with Crippen molar-refractivity contribution in [3.63, 3.8) is 0 Å². The van der Waals surface area contributed by atoms with Crippen LogP contribution < -0.4 is 0 Å². The molecule has 1 rings (SSSR count). The van der Waals surface area contributed by atoms with E-state index in [2.05, 4.69) is 0 Å². The number of hydrogen-bond donors (Lipinski definition) is 2. The molecule has 0 saturated carbocycles. The molecule has 0 radical (unpaired) electrons. The van der Waals surface area contributed by atoms with Crippen LogP contribution in [0.15, 0.2) is 24.3 Å². The smallest absolute Gasteiger partial charge is 0.307 e. The Morgan fingerprint density at radius 2 is 2.14 bits per heavy atom.